The van der Waals surface area contributed by atoms with Crippen LogP contribution in [0.3, 0.4) is 0 Å². The van der Waals surface area contributed by atoms with Gasteiger partial charge < -0.3 is 15.2 Å². The highest BCUT2D eigenvalue weighted by atomic mass is 16.2. The molecular formula is C18H26N3O+. The number of quaternary nitrogens is 1. The van der Waals surface area contributed by atoms with E-state index in [1.165, 1.54) is 41.5 Å². The Morgan fingerprint density at radius 3 is 2.73 bits per heavy atom. The minimum Gasteiger partial charge on any atom is -0.361 e. The molecule has 0 radical (unpaired) electrons. The molecule has 1 aliphatic heterocycles. The van der Waals surface area contributed by atoms with Crippen LogP contribution in [-0.4, -0.2) is 37.1 Å². The Morgan fingerprint density at radius 1 is 1.14 bits per heavy atom. The van der Waals surface area contributed by atoms with E-state index in [0.29, 0.717) is 13.1 Å². The molecule has 118 valence electrons. The smallest absolute Gasteiger partial charge is 0.275 e. The molecule has 0 atom stereocenters. The van der Waals surface area contributed by atoms with Gasteiger partial charge in [-0.3, -0.25) is 4.79 Å². The summed E-state index contributed by atoms with van der Waals surface area (Å²) in [6.07, 6.45) is 8.11. The van der Waals surface area contributed by atoms with E-state index in [9.17, 15) is 4.79 Å². The average Bonchev–Trinajstić information content (AvgIpc) is 2.76. The number of fused-ring (bicyclic) bond motifs is 1. The quantitative estimate of drug-likeness (QED) is 0.765. The van der Waals surface area contributed by atoms with Crippen LogP contribution in [0.4, 0.5) is 0 Å². The first-order valence-corrected chi connectivity index (χ1v) is 8.48. The van der Waals surface area contributed by atoms with Gasteiger partial charge in [-0.15, -0.1) is 0 Å². The van der Waals surface area contributed by atoms with Crippen LogP contribution in [0.1, 0.15) is 31.2 Å². The molecule has 1 aromatic carbocycles. The summed E-state index contributed by atoms with van der Waals surface area (Å²) in [5.74, 6) is 0.191. The van der Waals surface area contributed by atoms with Gasteiger partial charge in [0.15, 0.2) is 6.54 Å². The molecule has 2 heterocycles. The molecule has 3 N–H and O–H groups in total. The fourth-order valence-corrected chi connectivity index (χ4v) is 3.37. The Labute approximate surface area is 131 Å². The van der Waals surface area contributed by atoms with Crippen LogP contribution in [0.2, 0.25) is 0 Å². The number of carbonyl (C=O) groups is 1. The highest BCUT2D eigenvalue weighted by Gasteiger charge is 2.15. The molecule has 2 aromatic rings. The van der Waals surface area contributed by atoms with Gasteiger partial charge in [0.25, 0.3) is 5.91 Å². The van der Waals surface area contributed by atoms with Crippen LogP contribution in [0.25, 0.3) is 10.9 Å². The van der Waals surface area contributed by atoms with E-state index in [1.807, 2.05) is 6.07 Å². The van der Waals surface area contributed by atoms with Gasteiger partial charge in [0.05, 0.1) is 13.1 Å². The zero-order chi connectivity index (χ0) is 15.2. The molecule has 1 amide bonds. The van der Waals surface area contributed by atoms with E-state index in [4.69, 9.17) is 0 Å². The Hall–Kier alpha value is -1.81. The van der Waals surface area contributed by atoms with Crippen molar-refractivity contribution in [1.82, 2.24) is 10.3 Å². The number of aromatic amines is 1. The molecule has 22 heavy (non-hydrogen) atoms. The number of carbonyl (C=O) groups excluding carboxylic acids is 1. The summed E-state index contributed by atoms with van der Waals surface area (Å²) in [6, 6.07) is 8.31. The molecular weight excluding hydrogens is 274 g/mol. The molecule has 0 unspecified atom stereocenters. The van der Waals surface area contributed by atoms with Gasteiger partial charge in [0, 0.05) is 23.6 Å². The minimum absolute atomic E-state index is 0.191. The lowest BCUT2D eigenvalue weighted by atomic mass is 10.1. The number of likely N-dealkylation sites (tertiary alicyclic amines) is 1. The van der Waals surface area contributed by atoms with E-state index >= 15 is 0 Å². The van der Waals surface area contributed by atoms with Crippen LogP contribution in [0, 0.1) is 0 Å². The number of amides is 1. The van der Waals surface area contributed by atoms with Gasteiger partial charge in [-0.05, 0) is 43.7 Å². The summed E-state index contributed by atoms with van der Waals surface area (Å²) in [5, 5.41) is 4.34. The maximum absolute atomic E-state index is 12.1. The predicted molar refractivity (Wildman–Crippen MR) is 89.0 cm³/mol. The third-order valence-corrected chi connectivity index (χ3v) is 4.61. The van der Waals surface area contributed by atoms with Gasteiger partial charge in [-0.25, -0.2) is 0 Å². The summed E-state index contributed by atoms with van der Waals surface area (Å²) < 4.78 is 0. The van der Waals surface area contributed by atoms with Crippen molar-refractivity contribution in [2.75, 3.05) is 26.2 Å². The Bertz CT molecular complexity index is 612. The first kappa shape index (κ1) is 15.1. The van der Waals surface area contributed by atoms with Crippen molar-refractivity contribution in [3.63, 3.8) is 0 Å². The Morgan fingerprint density at radius 2 is 1.91 bits per heavy atom. The summed E-state index contributed by atoms with van der Waals surface area (Å²) in [5.41, 5.74) is 2.44. The predicted octanol–water partition coefficient (Wildman–Crippen LogP) is 1.29. The number of nitrogens with one attached hydrogen (secondary N) is 3. The first-order chi connectivity index (χ1) is 10.8. The fraction of sp³-hybridized carbons (Fsp3) is 0.500. The summed E-state index contributed by atoms with van der Waals surface area (Å²) in [6.45, 7) is 3.65. The van der Waals surface area contributed by atoms with E-state index in [0.717, 1.165) is 25.0 Å². The number of rotatable bonds is 5. The molecule has 3 rings (SSSR count). The number of H-pyrrole nitrogens is 1. The molecule has 0 aliphatic carbocycles. The number of hydrogen-bond acceptors (Lipinski definition) is 1. The second-order valence-corrected chi connectivity index (χ2v) is 6.30. The van der Waals surface area contributed by atoms with Gasteiger partial charge >= 0.3 is 0 Å². The molecule has 0 bridgehead atoms. The Kier molecular flexibility index (Phi) is 5.11. The number of benzene rings is 1. The maximum atomic E-state index is 12.1. The van der Waals surface area contributed by atoms with E-state index in [1.54, 1.807) is 0 Å². The van der Waals surface area contributed by atoms with E-state index in [-0.39, 0.29) is 5.91 Å². The van der Waals surface area contributed by atoms with Crippen molar-refractivity contribution in [1.29, 1.82) is 0 Å². The minimum atomic E-state index is 0.191. The normalized spacial score (nSPS) is 16.5. The molecule has 0 spiro atoms. The van der Waals surface area contributed by atoms with Crippen molar-refractivity contribution in [3.05, 3.63) is 36.0 Å². The lowest BCUT2D eigenvalue weighted by Crippen LogP contribution is -3.13. The van der Waals surface area contributed by atoms with E-state index < -0.39 is 0 Å². The third kappa shape index (κ3) is 3.89. The van der Waals surface area contributed by atoms with Crippen LogP contribution >= 0.6 is 0 Å². The van der Waals surface area contributed by atoms with E-state index in [2.05, 4.69) is 34.7 Å². The molecule has 1 fully saturated rings. The lowest BCUT2D eigenvalue weighted by Gasteiger charge is -2.16. The van der Waals surface area contributed by atoms with Crippen LogP contribution in [-0.2, 0) is 11.2 Å². The Balaban J connectivity index is 1.45. The van der Waals surface area contributed by atoms with Crippen molar-refractivity contribution < 1.29 is 9.69 Å². The molecule has 4 heteroatoms. The largest absolute Gasteiger partial charge is 0.361 e. The third-order valence-electron chi connectivity index (χ3n) is 4.61. The second-order valence-electron chi connectivity index (χ2n) is 6.30. The summed E-state index contributed by atoms with van der Waals surface area (Å²) in [7, 11) is 0. The average molecular weight is 300 g/mol. The zero-order valence-electron chi connectivity index (χ0n) is 13.2. The van der Waals surface area contributed by atoms with Crippen LogP contribution in [0.5, 0.6) is 0 Å². The molecule has 1 aromatic heterocycles. The molecule has 1 aliphatic rings. The van der Waals surface area contributed by atoms with Crippen LogP contribution < -0.4 is 10.2 Å². The summed E-state index contributed by atoms with van der Waals surface area (Å²) in [4.78, 5) is 16.8. The van der Waals surface area contributed by atoms with Gasteiger partial charge in [0.2, 0.25) is 0 Å². The summed E-state index contributed by atoms with van der Waals surface area (Å²) >= 11 is 0. The van der Waals surface area contributed by atoms with Crippen molar-refractivity contribution in [2.45, 2.75) is 32.1 Å². The molecule has 0 saturated carbocycles. The highest BCUT2D eigenvalue weighted by molar-refractivity contribution is 5.83. The van der Waals surface area contributed by atoms with Gasteiger partial charge in [-0.2, -0.15) is 0 Å². The number of para-hydroxylation sites is 1. The molecule has 1 saturated heterocycles. The monoisotopic (exact) mass is 300 g/mol. The lowest BCUT2D eigenvalue weighted by molar-refractivity contribution is -0.891. The number of hydrogen-bond donors (Lipinski definition) is 3. The zero-order valence-corrected chi connectivity index (χ0v) is 13.2. The van der Waals surface area contributed by atoms with Crippen molar-refractivity contribution in [2.24, 2.45) is 0 Å². The first-order valence-electron chi connectivity index (χ1n) is 8.48. The number of aromatic nitrogens is 1. The van der Waals surface area contributed by atoms with Crippen molar-refractivity contribution in [3.8, 4) is 0 Å². The second kappa shape index (κ2) is 7.45. The highest BCUT2D eigenvalue weighted by Crippen LogP contribution is 2.17. The van der Waals surface area contributed by atoms with Crippen LogP contribution in [0.15, 0.2) is 30.5 Å². The van der Waals surface area contributed by atoms with Gasteiger partial charge in [0.1, 0.15) is 0 Å². The maximum Gasteiger partial charge on any atom is 0.275 e. The van der Waals surface area contributed by atoms with Gasteiger partial charge in [-0.1, -0.05) is 18.2 Å². The topological polar surface area (TPSA) is 49.3 Å². The molecule has 4 nitrogen and oxygen atoms in total. The SMILES string of the molecule is O=C(C[NH+]1CCCCCC1)NCCc1c[nH]c2ccccc12. The fourth-order valence-electron chi connectivity index (χ4n) is 3.37. The standard InChI is InChI=1S/C18H25N3O/c22-18(14-21-11-5-1-2-6-12-21)19-10-9-15-13-20-17-8-4-3-7-16(15)17/h3-4,7-8,13,20H,1-2,5-6,9-12,14H2,(H,19,22)/p+1. The van der Waals surface area contributed by atoms with Crippen molar-refractivity contribution >= 4 is 16.8 Å².